The number of ether oxygens (including phenoxy) is 1. The normalized spacial score (nSPS) is 13.8. The molecule has 0 spiro atoms. The molecule has 1 fully saturated rings. The molecule has 0 bridgehead atoms. The lowest BCUT2D eigenvalue weighted by Crippen LogP contribution is -2.23. The molecular weight excluding hydrogens is 339 g/mol. The Morgan fingerprint density at radius 2 is 2.08 bits per heavy atom. The summed E-state index contributed by atoms with van der Waals surface area (Å²) in [6.45, 7) is -0.0739. The van der Waals surface area contributed by atoms with Crippen molar-refractivity contribution in [2.45, 2.75) is 25.4 Å². The van der Waals surface area contributed by atoms with Crippen molar-refractivity contribution in [1.82, 2.24) is 19.8 Å². The first-order chi connectivity index (χ1) is 12.5. The number of benzene rings is 2. The fraction of sp³-hybridized carbons (Fsp3) is 0.278. The first-order valence-electron chi connectivity index (χ1n) is 8.27. The predicted molar refractivity (Wildman–Crippen MR) is 91.0 cm³/mol. The molecule has 0 amide bonds. The minimum absolute atomic E-state index is 0.0739. The maximum Gasteiger partial charge on any atom is 0.368 e. The number of tetrazole rings is 1. The fourth-order valence-electron chi connectivity index (χ4n) is 2.88. The van der Waals surface area contributed by atoms with Gasteiger partial charge in [-0.2, -0.15) is 9.36 Å². The van der Waals surface area contributed by atoms with Gasteiger partial charge in [0.2, 0.25) is 0 Å². The van der Waals surface area contributed by atoms with Crippen molar-refractivity contribution in [3.05, 3.63) is 63.8 Å². The van der Waals surface area contributed by atoms with E-state index in [1.807, 2.05) is 0 Å². The van der Waals surface area contributed by atoms with Gasteiger partial charge in [-0.05, 0) is 59.5 Å². The van der Waals surface area contributed by atoms with Crippen LogP contribution < -0.4 is 10.4 Å². The number of nitrogens with zero attached hydrogens (tertiary/aromatic N) is 4. The zero-order valence-corrected chi connectivity index (χ0v) is 14.1. The van der Waals surface area contributed by atoms with Crippen molar-refractivity contribution in [1.29, 1.82) is 0 Å². The quantitative estimate of drug-likeness (QED) is 0.758. The number of rotatable bonds is 5. The van der Waals surface area contributed by atoms with Crippen LogP contribution in [0.15, 0.2) is 41.2 Å². The van der Waals surface area contributed by atoms with Crippen molar-refractivity contribution in [2.24, 2.45) is 7.05 Å². The van der Waals surface area contributed by atoms with Gasteiger partial charge in [-0.25, -0.2) is 9.18 Å². The Bertz CT molecular complexity index is 1020. The first-order valence-corrected chi connectivity index (χ1v) is 8.27. The van der Waals surface area contributed by atoms with Gasteiger partial charge in [0.1, 0.15) is 23.9 Å². The molecule has 1 heterocycles. The van der Waals surface area contributed by atoms with Crippen LogP contribution in [-0.4, -0.2) is 24.9 Å². The van der Waals surface area contributed by atoms with Gasteiger partial charge in [0.25, 0.3) is 0 Å². The van der Waals surface area contributed by atoms with Crippen molar-refractivity contribution in [3.63, 3.8) is 0 Å². The number of aromatic hydroxyl groups is 1. The largest absolute Gasteiger partial charge is 0.508 e. The first kappa shape index (κ1) is 16.3. The maximum atomic E-state index is 14.4. The molecule has 2 aromatic carbocycles. The highest BCUT2D eigenvalue weighted by atomic mass is 19.1. The van der Waals surface area contributed by atoms with Crippen LogP contribution in [-0.2, 0) is 13.7 Å². The third-order valence-electron chi connectivity index (χ3n) is 4.43. The third-order valence-corrected chi connectivity index (χ3v) is 4.43. The molecule has 1 N–H and O–H groups in total. The van der Waals surface area contributed by atoms with Gasteiger partial charge in [0, 0.05) is 12.6 Å². The van der Waals surface area contributed by atoms with Crippen molar-refractivity contribution < 1.29 is 14.2 Å². The highest BCUT2D eigenvalue weighted by Crippen LogP contribution is 2.45. The topological polar surface area (TPSA) is 82.2 Å². The van der Waals surface area contributed by atoms with Crippen LogP contribution in [0.3, 0.4) is 0 Å². The molecule has 1 saturated carbocycles. The van der Waals surface area contributed by atoms with Gasteiger partial charge in [-0.3, -0.25) is 0 Å². The maximum absolute atomic E-state index is 14.4. The standard InChI is InChI=1S/C18H17FN4O3/c1-22-18(25)23(21-20-22)16-4-2-3-15(19)14(16)10-26-17-8-7-12(24)9-13(17)11-5-6-11/h2-4,7-9,11,24H,5-6,10H2,1H3. The van der Waals surface area contributed by atoms with Gasteiger partial charge in [0.05, 0.1) is 11.3 Å². The molecule has 1 aromatic heterocycles. The highest BCUT2D eigenvalue weighted by Gasteiger charge is 2.27. The van der Waals surface area contributed by atoms with Crippen LogP contribution in [0.5, 0.6) is 11.5 Å². The Morgan fingerprint density at radius 1 is 1.27 bits per heavy atom. The van der Waals surface area contributed by atoms with E-state index in [-0.39, 0.29) is 23.6 Å². The van der Waals surface area contributed by atoms with Gasteiger partial charge in [0.15, 0.2) is 0 Å². The summed E-state index contributed by atoms with van der Waals surface area (Å²) < 4.78 is 22.4. The molecule has 3 aromatic rings. The summed E-state index contributed by atoms with van der Waals surface area (Å²) in [5.74, 6) is 0.648. The summed E-state index contributed by atoms with van der Waals surface area (Å²) >= 11 is 0. The lowest BCUT2D eigenvalue weighted by molar-refractivity contribution is 0.295. The Hall–Kier alpha value is -3.16. The van der Waals surface area contributed by atoms with E-state index in [4.69, 9.17) is 4.74 Å². The van der Waals surface area contributed by atoms with Gasteiger partial charge in [-0.15, -0.1) is 0 Å². The number of phenolic OH excluding ortho intramolecular Hbond substituents is 1. The molecule has 7 nitrogen and oxygen atoms in total. The minimum atomic E-state index is -0.494. The smallest absolute Gasteiger partial charge is 0.368 e. The second-order valence-corrected chi connectivity index (χ2v) is 6.32. The lowest BCUT2D eigenvalue weighted by atomic mass is 10.1. The number of phenols is 1. The van der Waals surface area contributed by atoms with E-state index < -0.39 is 11.5 Å². The van der Waals surface area contributed by atoms with Crippen LogP contribution in [0.1, 0.15) is 29.9 Å². The molecule has 1 aliphatic rings. The van der Waals surface area contributed by atoms with Crippen LogP contribution in [0, 0.1) is 5.82 Å². The van der Waals surface area contributed by atoms with E-state index in [2.05, 4.69) is 10.4 Å². The Morgan fingerprint density at radius 3 is 2.77 bits per heavy atom. The number of hydrogen-bond acceptors (Lipinski definition) is 5. The number of halogens is 1. The van der Waals surface area contributed by atoms with E-state index in [9.17, 15) is 14.3 Å². The Balaban J connectivity index is 1.68. The zero-order chi connectivity index (χ0) is 18.3. The van der Waals surface area contributed by atoms with Gasteiger partial charge < -0.3 is 9.84 Å². The third kappa shape index (κ3) is 2.94. The van der Waals surface area contributed by atoms with E-state index in [0.29, 0.717) is 11.7 Å². The summed E-state index contributed by atoms with van der Waals surface area (Å²) in [4.78, 5) is 12.1. The Labute approximate surface area is 148 Å². The van der Waals surface area contributed by atoms with Crippen LogP contribution in [0.2, 0.25) is 0 Å². The summed E-state index contributed by atoms with van der Waals surface area (Å²) in [5, 5.41) is 17.1. The summed E-state index contributed by atoms with van der Waals surface area (Å²) in [7, 11) is 1.47. The van der Waals surface area contributed by atoms with Crippen LogP contribution >= 0.6 is 0 Å². The number of aryl methyl sites for hydroxylation is 1. The van der Waals surface area contributed by atoms with E-state index in [1.165, 1.54) is 25.2 Å². The van der Waals surface area contributed by atoms with E-state index >= 15 is 0 Å². The molecule has 1 aliphatic carbocycles. The second-order valence-electron chi connectivity index (χ2n) is 6.32. The lowest BCUT2D eigenvalue weighted by Gasteiger charge is -2.14. The SMILES string of the molecule is Cn1nnn(-c2cccc(F)c2COc2ccc(O)cc2C2CC2)c1=O. The molecular formula is C18H17FN4O3. The van der Waals surface area contributed by atoms with E-state index in [0.717, 1.165) is 27.8 Å². The molecule has 0 saturated heterocycles. The zero-order valence-electron chi connectivity index (χ0n) is 14.1. The summed E-state index contributed by atoms with van der Waals surface area (Å²) in [6.07, 6.45) is 2.08. The predicted octanol–water partition coefficient (Wildman–Crippen LogP) is 2.27. The van der Waals surface area contributed by atoms with Crippen LogP contribution in [0.4, 0.5) is 4.39 Å². The molecule has 0 aliphatic heterocycles. The minimum Gasteiger partial charge on any atom is -0.508 e. The molecule has 134 valence electrons. The molecule has 0 atom stereocenters. The summed E-state index contributed by atoms with van der Waals surface area (Å²) in [5.41, 5.74) is 0.944. The molecule has 4 rings (SSSR count). The average molecular weight is 356 g/mol. The monoisotopic (exact) mass is 356 g/mol. The van der Waals surface area contributed by atoms with Crippen LogP contribution in [0.25, 0.3) is 5.69 Å². The Kier molecular flexibility index (Phi) is 3.95. The molecule has 26 heavy (non-hydrogen) atoms. The second kappa shape index (κ2) is 6.29. The van der Waals surface area contributed by atoms with E-state index in [1.54, 1.807) is 18.2 Å². The molecule has 8 heteroatoms. The van der Waals surface area contributed by atoms with Crippen molar-refractivity contribution in [2.75, 3.05) is 0 Å². The average Bonchev–Trinajstić information content (AvgIpc) is 3.41. The van der Waals surface area contributed by atoms with Crippen molar-refractivity contribution >= 4 is 0 Å². The summed E-state index contributed by atoms with van der Waals surface area (Å²) in [6, 6.07) is 9.31. The van der Waals surface area contributed by atoms with Crippen molar-refractivity contribution in [3.8, 4) is 17.2 Å². The molecule has 0 unspecified atom stereocenters. The number of aromatic nitrogens is 4. The molecule has 0 radical (unpaired) electrons. The highest BCUT2D eigenvalue weighted by molar-refractivity contribution is 5.45. The van der Waals surface area contributed by atoms with Gasteiger partial charge >= 0.3 is 5.69 Å². The number of hydrogen-bond donors (Lipinski definition) is 1. The van der Waals surface area contributed by atoms with Gasteiger partial charge in [-0.1, -0.05) is 6.07 Å². The fourth-order valence-corrected chi connectivity index (χ4v) is 2.88.